The van der Waals surface area contributed by atoms with E-state index in [4.69, 9.17) is 0 Å². The van der Waals surface area contributed by atoms with Gasteiger partial charge >= 0.3 is 0 Å². The molecule has 0 nitrogen and oxygen atoms in total. The molecule has 0 N–H and O–H groups in total. The fourth-order valence-corrected chi connectivity index (χ4v) is 13.7. The van der Waals surface area contributed by atoms with Crippen molar-refractivity contribution in [1.82, 2.24) is 0 Å². The minimum atomic E-state index is -0.530. The van der Waals surface area contributed by atoms with E-state index in [0.717, 1.165) is 17.0 Å². The molecule has 3 saturated carbocycles. The lowest BCUT2D eigenvalue weighted by molar-refractivity contribution is 0.477. The van der Waals surface area contributed by atoms with Crippen LogP contribution in [-0.4, -0.2) is 17.0 Å². The molecule has 5 rings (SSSR count). The molecule has 0 heterocycles. The monoisotopic (exact) mass is 473 g/mol. The van der Waals surface area contributed by atoms with Gasteiger partial charge in [-0.2, -0.15) is 0 Å². The molecule has 2 aromatic carbocycles. The first-order valence-electron chi connectivity index (χ1n) is 13.3. The topological polar surface area (TPSA) is 0 Å². The van der Waals surface area contributed by atoms with Gasteiger partial charge in [0, 0.05) is 12.1 Å². The second-order valence-electron chi connectivity index (χ2n) is 10.2. The number of hydrogen-bond donors (Lipinski definition) is 0. The van der Waals surface area contributed by atoms with E-state index in [1.54, 1.807) is 5.66 Å². The van der Waals surface area contributed by atoms with Crippen LogP contribution in [-0.2, 0) is 0 Å². The molecule has 0 aliphatic heterocycles. The average Bonchev–Trinajstić information content (AvgIpc) is 3.36. The van der Waals surface area contributed by atoms with Gasteiger partial charge in [0.15, 0.2) is 0 Å². The van der Waals surface area contributed by atoms with Crippen molar-refractivity contribution >= 4 is 26.5 Å². The summed E-state index contributed by atoms with van der Waals surface area (Å²) < 4.78 is 0. The molecule has 0 bridgehead atoms. The maximum atomic E-state index is 3.82. The third-order valence-electron chi connectivity index (χ3n) is 8.10. The van der Waals surface area contributed by atoms with Crippen molar-refractivity contribution in [2.45, 2.75) is 88.1 Å². The van der Waals surface area contributed by atoms with Crippen molar-refractivity contribution in [1.29, 1.82) is 0 Å². The fraction of sp³-hybridized carbons (Fsp3) is 0.484. The van der Waals surface area contributed by atoms with Gasteiger partial charge in [0.05, 0.1) is 0 Å². The number of rotatable bonds is 7. The maximum absolute atomic E-state index is 3.82. The predicted molar refractivity (Wildman–Crippen MR) is 148 cm³/mol. The lowest BCUT2D eigenvalue weighted by Gasteiger charge is -2.45. The highest BCUT2D eigenvalue weighted by Gasteiger charge is 2.45. The van der Waals surface area contributed by atoms with Gasteiger partial charge in [-0.15, -0.1) is 0 Å². The van der Waals surface area contributed by atoms with E-state index in [0.29, 0.717) is 5.92 Å². The van der Waals surface area contributed by atoms with Crippen LogP contribution in [0.25, 0.3) is 0 Å². The molecule has 2 atom stereocenters. The van der Waals surface area contributed by atoms with Gasteiger partial charge in [-0.05, 0) is 80.0 Å². The van der Waals surface area contributed by atoms with E-state index in [1.165, 1.54) is 74.8 Å². The third-order valence-corrected chi connectivity index (χ3v) is 14.6. The molecule has 0 saturated heterocycles. The summed E-state index contributed by atoms with van der Waals surface area (Å²) in [5.74, 6) is 0.562. The van der Waals surface area contributed by atoms with Crippen molar-refractivity contribution in [2.24, 2.45) is 5.92 Å². The van der Waals surface area contributed by atoms with Crippen molar-refractivity contribution in [3.05, 3.63) is 85.6 Å². The van der Waals surface area contributed by atoms with Crippen LogP contribution in [0.3, 0.4) is 0 Å². The van der Waals surface area contributed by atoms with E-state index in [-0.39, 0.29) is 7.92 Å². The molecule has 33 heavy (non-hydrogen) atoms. The Morgan fingerprint density at radius 3 is 1.67 bits per heavy atom. The average molecular weight is 474 g/mol. The van der Waals surface area contributed by atoms with Crippen LogP contribution in [0.15, 0.2) is 60.7 Å². The molecule has 5 radical (unpaired) electrons. The zero-order chi connectivity index (χ0) is 22.5. The summed E-state index contributed by atoms with van der Waals surface area (Å²) in [6, 6.07) is 22.5. The first-order valence-corrected chi connectivity index (χ1v) is 16.2. The Hall–Kier alpha value is -0.700. The molecule has 0 aromatic heterocycles. The second-order valence-corrected chi connectivity index (χ2v) is 15.5. The van der Waals surface area contributed by atoms with Crippen molar-refractivity contribution in [3.63, 3.8) is 0 Å². The van der Waals surface area contributed by atoms with Gasteiger partial charge in [-0.1, -0.05) is 114 Å². The SMILES string of the molecule is C[C@@H](C1[CH][CH][C][C]1P(c1ccccc1)c1ccccc1)P(C1CCCCC1)C1CCCCC1. The molecule has 3 aliphatic carbocycles. The summed E-state index contributed by atoms with van der Waals surface area (Å²) in [5, 5.41) is 2.95. The molecule has 2 aromatic rings. The third kappa shape index (κ3) is 5.60. The minimum absolute atomic E-state index is 0.0399. The maximum Gasteiger partial charge on any atom is 0.0204 e. The predicted octanol–water partition coefficient (Wildman–Crippen LogP) is 8.31. The summed E-state index contributed by atoms with van der Waals surface area (Å²) in [6.45, 7) is 2.64. The van der Waals surface area contributed by atoms with Crippen LogP contribution in [0, 0.1) is 30.8 Å². The van der Waals surface area contributed by atoms with Crippen molar-refractivity contribution in [3.8, 4) is 0 Å². The molecule has 1 unspecified atom stereocenters. The first kappa shape index (κ1) is 24.0. The normalized spacial score (nSPS) is 24.5. The zero-order valence-corrected chi connectivity index (χ0v) is 22.0. The Morgan fingerprint density at radius 2 is 1.18 bits per heavy atom. The van der Waals surface area contributed by atoms with Crippen LogP contribution < -0.4 is 10.6 Å². The van der Waals surface area contributed by atoms with Gasteiger partial charge in [0.25, 0.3) is 0 Å². The highest BCUT2D eigenvalue weighted by molar-refractivity contribution is 7.76. The Morgan fingerprint density at radius 1 is 0.697 bits per heavy atom. The van der Waals surface area contributed by atoms with Gasteiger partial charge in [0.1, 0.15) is 0 Å². The molecule has 173 valence electrons. The van der Waals surface area contributed by atoms with Crippen LogP contribution in [0.5, 0.6) is 0 Å². The molecular formula is C31H39P2. The Labute approximate surface area is 205 Å². The van der Waals surface area contributed by atoms with E-state index < -0.39 is 7.92 Å². The quantitative estimate of drug-likeness (QED) is 0.355. The van der Waals surface area contributed by atoms with Crippen molar-refractivity contribution in [2.75, 3.05) is 0 Å². The minimum Gasteiger partial charge on any atom is -0.0971 e. The highest BCUT2D eigenvalue weighted by Crippen LogP contribution is 2.66. The van der Waals surface area contributed by atoms with Crippen LogP contribution in [0.4, 0.5) is 0 Å². The van der Waals surface area contributed by atoms with Gasteiger partial charge < -0.3 is 0 Å². The van der Waals surface area contributed by atoms with E-state index in [9.17, 15) is 0 Å². The van der Waals surface area contributed by atoms with Gasteiger partial charge in [-0.3, -0.25) is 0 Å². The lowest BCUT2D eigenvalue weighted by Crippen LogP contribution is -2.31. The smallest absolute Gasteiger partial charge is 0.0204 e. The van der Waals surface area contributed by atoms with E-state index in [1.807, 2.05) is 0 Å². The Balaban J connectivity index is 1.45. The number of benzene rings is 2. The molecule has 0 spiro atoms. The fourth-order valence-electron chi connectivity index (χ4n) is 6.52. The molecule has 2 heteroatoms. The van der Waals surface area contributed by atoms with Crippen molar-refractivity contribution < 1.29 is 0 Å². The summed E-state index contributed by atoms with van der Waals surface area (Å²) in [5.41, 5.74) is 4.35. The summed E-state index contributed by atoms with van der Waals surface area (Å²) in [7, 11) is -0.490. The standard InChI is InChI=1S/C31H39P2/c1-25(32(26-15-6-2-7-16-26)27-17-8-3-9-18-27)30-23-14-24-31(30)33(28-19-10-4-11-20-28)29-21-12-5-13-22-29/h4-5,10-14,19-23,25-27,30H,2-3,6-9,15-18H2,1H3/t25-,30?/m0/s1. The number of hydrogen-bond acceptors (Lipinski definition) is 0. The molecular weight excluding hydrogens is 434 g/mol. The molecule has 0 amide bonds. The second kappa shape index (κ2) is 11.8. The lowest BCUT2D eigenvalue weighted by atomic mass is 9.99. The van der Waals surface area contributed by atoms with E-state index >= 15 is 0 Å². The molecule has 3 aliphatic rings. The Kier molecular flexibility index (Phi) is 8.60. The summed E-state index contributed by atoms with van der Waals surface area (Å²) >= 11 is 0. The zero-order valence-electron chi connectivity index (χ0n) is 20.2. The largest absolute Gasteiger partial charge is 0.0971 e. The van der Waals surface area contributed by atoms with Crippen LogP contribution >= 0.6 is 15.8 Å². The van der Waals surface area contributed by atoms with Crippen LogP contribution in [0.1, 0.15) is 71.1 Å². The van der Waals surface area contributed by atoms with E-state index in [2.05, 4.69) is 86.8 Å². The van der Waals surface area contributed by atoms with Crippen LogP contribution in [0.2, 0.25) is 0 Å². The van der Waals surface area contributed by atoms with Gasteiger partial charge in [0.2, 0.25) is 0 Å². The molecule has 3 fully saturated rings. The Bertz CT molecular complexity index is 765. The summed E-state index contributed by atoms with van der Waals surface area (Å²) in [6.07, 6.45) is 23.4. The highest BCUT2D eigenvalue weighted by atomic mass is 31.1. The summed E-state index contributed by atoms with van der Waals surface area (Å²) in [4.78, 5) is 0. The first-order chi connectivity index (χ1) is 16.3. The van der Waals surface area contributed by atoms with Gasteiger partial charge in [-0.25, -0.2) is 0 Å².